The van der Waals surface area contributed by atoms with Crippen LogP contribution < -0.4 is 10.6 Å². The van der Waals surface area contributed by atoms with Crippen molar-refractivity contribution in [1.29, 1.82) is 0 Å². The molecule has 3 N–H and O–H groups in total. The predicted octanol–water partition coefficient (Wildman–Crippen LogP) is 5.16. The molecule has 0 radical (unpaired) electrons. The van der Waals surface area contributed by atoms with Crippen LogP contribution in [0.1, 0.15) is 43.6 Å². The van der Waals surface area contributed by atoms with Gasteiger partial charge in [0.05, 0.1) is 5.69 Å². The Morgan fingerprint density at radius 3 is 2.56 bits per heavy atom. The Morgan fingerprint density at radius 1 is 1.00 bits per heavy atom. The van der Waals surface area contributed by atoms with E-state index in [0.29, 0.717) is 23.1 Å². The number of H-pyrrole nitrogens is 1. The van der Waals surface area contributed by atoms with Gasteiger partial charge in [-0.05, 0) is 30.4 Å². The lowest BCUT2D eigenvalue weighted by Crippen LogP contribution is -2.20. The number of aromatic amines is 1. The normalized spacial score (nSPS) is 14.7. The van der Waals surface area contributed by atoms with Gasteiger partial charge in [0.2, 0.25) is 0 Å². The maximum atomic E-state index is 12.3. The number of anilines is 2. The summed E-state index contributed by atoms with van der Waals surface area (Å²) in [6, 6.07) is 13.3. The highest BCUT2D eigenvalue weighted by Crippen LogP contribution is 2.32. The van der Waals surface area contributed by atoms with Crippen LogP contribution in [0.3, 0.4) is 0 Å². The number of hydrogen-bond acceptors (Lipinski definition) is 3. The average molecular weight is 361 g/mol. The second-order valence-electron chi connectivity index (χ2n) is 6.90. The zero-order valence-corrected chi connectivity index (χ0v) is 15.1. The summed E-state index contributed by atoms with van der Waals surface area (Å²) < 4.78 is 0. The molecule has 6 nitrogen and oxygen atoms in total. The second kappa shape index (κ2) is 8.03. The van der Waals surface area contributed by atoms with E-state index in [1.165, 1.54) is 37.7 Å². The van der Waals surface area contributed by atoms with Crippen LogP contribution in [-0.2, 0) is 0 Å². The molecule has 0 saturated heterocycles. The van der Waals surface area contributed by atoms with E-state index in [1.807, 2.05) is 42.6 Å². The van der Waals surface area contributed by atoms with Crippen molar-refractivity contribution >= 4 is 17.5 Å². The molecule has 6 heteroatoms. The van der Waals surface area contributed by atoms with Crippen molar-refractivity contribution in [1.82, 2.24) is 15.2 Å². The smallest absolute Gasteiger partial charge is 0.304 e. The van der Waals surface area contributed by atoms with Gasteiger partial charge in [-0.25, -0.2) is 9.78 Å². The summed E-state index contributed by atoms with van der Waals surface area (Å²) in [6.07, 6.45) is 9.95. The standard InChI is InChI=1S/C21H23N5O/c27-21(24-18-14-23-26-20(18)16-9-5-2-6-10-16)25-19-12-11-17(13-22-19)15-7-3-1-4-8-15/h2,5-6,9-15H,1,3-4,7-8H2,(H,23,26)(H2,22,24,25,27). The molecular formula is C21H23N5O. The summed E-state index contributed by atoms with van der Waals surface area (Å²) >= 11 is 0. The van der Waals surface area contributed by atoms with Crippen molar-refractivity contribution in [3.8, 4) is 11.3 Å². The lowest BCUT2D eigenvalue weighted by atomic mass is 9.85. The van der Waals surface area contributed by atoms with Crippen LogP contribution >= 0.6 is 0 Å². The Hall–Kier alpha value is -3.15. The molecule has 0 bridgehead atoms. The number of rotatable bonds is 4. The first kappa shape index (κ1) is 17.3. The van der Waals surface area contributed by atoms with Crippen molar-refractivity contribution in [3.63, 3.8) is 0 Å². The van der Waals surface area contributed by atoms with Crippen LogP contribution in [0.25, 0.3) is 11.3 Å². The number of urea groups is 1. The maximum Gasteiger partial charge on any atom is 0.324 e. The minimum absolute atomic E-state index is 0.341. The molecule has 0 aliphatic heterocycles. The zero-order chi connectivity index (χ0) is 18.5. The molecule has 27 heavy (non-hydrogen) atoms. The largest absolute Gasteiger partial charge is 0.324 e. The van der Waals surface area contributed by atoms with Crippen molar-refractivity contribution in [3.05, 3.63) is 60.4 Å². The first-order chi connectivity index (χ1) is 13.3. The lowest BCUT2D eigenvalue weighted by Gasteiger charge is -2.21. The van der Waals surface area contributed by atoms with Crippen molar-refractivity contribution in [2.45, 2.75) is 38.0 Å². The van der Waals surface area contributed by atoms with E-state index in [-0.39, 0.29) is 6.03 Å². The van der Waals surface area contributed by atoms with E-state index >= 15 is 0 Å². The molecule has 1 aliphatic carbocycles. The Bertz CT molecular complexity index is 882. The molecule has 1 aliphatic rings. The minimum atomic E-state index is -0.341. The molecule has 4 rings (SSSR count). The molecular weight excluding hydrogens is 338 g/mol. The summed E-state index contributed by atoms with van der Waals surface area (Å²) in [6.45, 7) is 0. The Kier molecular flexibility index (Phi) is 5.14. The monoisotopic (exact) mass is 361 g/mol. The Balaban J connectivity index is 1.39. The quantitative estimate of drug-likeness (QED) is 0.600. The number of nitrogens with zero attached hydrogens (tertiary/aromatic N) is 2. The predicted molar refractivity (Wildman–Crippen MR) is 107 cm³/mol. The van der Waals surface area contributed by atoms with Gasteiger partial charge in [-0.2, -0.15) is 5.10 Å². The van der Waals surface area contributed by atoms with Crippen LogP contribution in [0.15, 0.2) is 54.9 Å². The molecule has 0 atom stereocenters. The molecule has 1 aromatic carbocycles. The second-order valence-corrected chi connectivity index (χ2v) is 6.90. The lowest BCUT2D eigenvalue weighted by molar-refractivity contribution is 0.262. The van der Waals surface area contributed by atoms with Crippen LogP contribution in [0.4, 0.5) is 16.3 Å². The van der Waals surface area contributed by atoms with E-state index < -0.39 is 0 Å². The van der Waals surface area contributed by atoms with Crippen molar-refractivity contribution in [2.75, 3.05) is 10.6 Å². The van der Waals surface area contributed by atoms with Crippen molar-refractivity contribution < 1.29 is 4.79 Å². The molecule has 2 amide bonds. The molecule has 2 aromatic heterocycles. The minimum Gasteiger partial charge on any atom is -0.304 e. The summed E-state index contributed by atoms with van der Waals surface area (Å²) in [4.78, 5) is 16.8. The third-order valence-electron chi connectivity index (χ3n) is 5.04. The number of amides is 2. The van der Waals surface area contributed by atoms with Gasteiger partial charge < -0.3 is 5.32 Å². The van der Waals surface area contributed by atoms with E-state index in [2.05, 4.69) is 31.9 Å². The molecule has 1 fully saturated rings. The van der Waals surface area contributed by atoms with E-state index in [1.54, 1.807) is 6.20 Å². The van der Waals surface area contributed by atoms with Gasteiger partial charge in [0.15, 0.2) is 0 Å². The third kappa shape index (κ3) is 4.16. The topological polar surface area (TPSA) is 82.7 Å². The number of nitrogens with one attached hydrogen (secondary N) is 3. The fraction of sp³-hybridized carbons (Fsp3) is 0.286. The van der Waals surface area contributed by atoms with Crippen LogP contribution in [0, 0.1) is 0 Å². The summed E-state index contributed by atoms with van der Waals surface area (Å²) in [5.41, 5.74) is 3.52. The number of carbonyl (C=O) groups excluding carboxylic acids is 1. The van der Waals surface area contributed by atoms with Gasteiger partial charge in [-0.15, -0.1) is 0 Å². The first-order valence-corrected chi connectivity index (χ1v) is 9.43. The van der Waals surface area contributed by atoms with E-state index in [4.69, 9.17) is 0 Å². The summed E-state index contributed by atoms with van der Waals surface area (Å²) in [7, 11) is 0. The highest BCUT2D eigenvalue weighted by Gasteiger charge is 2.16. The maximum absolute atomic E-state index is 12.3. The fourth-order valence-corrected chi connectivity index (χ4v) is 3.63. The number of carbonyl (C=O) groups is 1. The van der Waals surface area contributed by atoms with Crippen LogP contribution in [0.5, 0.6) is 0 Å². The van der Waals surface area contributed by atoms with E-state index in [9.17, 15) is 4.79 Å². The summed E-state index contributed by atoms with van der Waals surface area (Å²) in [5, 5.41) is 12.6. The van der Waals surface area contributed by atoms with Gasteiger partial charge in [0.25, 0.3) is 0 Å². The van der Waals surface area contributed by atoms with Gasteiger partial charge in [0.1, 0.15) is 11.5 Å². The molecule has 1 saturated carbocycles. The SMILES string of the molecule is O=C(Nc1ccc(C2CCCCC2)cn1)Nc1c[nH]nc1-c1ccccc1. The molecule has 0 unspecified atom stereocenters. The van der Waals surface area contributed by atoms with Gasteiger partial charge in [-0.3, -0.25) is 10.4 Å². The van der Waals surface area contributed by atoms with E-state index in [0.717, 1.165) is 5.56 Å². The summed E-state index contributed by atoms with van der Waals surface area (Å²) in [5.74, 6) is 1.14. The number of benzene rings is 1. The van der Waals surface area contributed by atoms with Gasteiger partial charge in [-0.1, -0.05) is 55.7 Å². The third-order valence-corrected chi connectivity index (χ3v) is 5.04. The van der Waals surface area contributed by atoms with Crippen LogP contribution in [-0.4, -0.2) is 21.2 Å². The first-order valence-electron chi connectivity index (χ1n) is 9.43. The number of aromatic nitrogens is 3. The molecule has 2 heterocycles. The number of pyridine rings is 1. The fourth-order valence-electron chi connectivity index (χ4n) is 3.63. The Labute approximate surface area is 158 Å². The zero-order valence-electron chi connectivity index (χ0n) is 15.1. The van der Waals surface area contributed by atoms with Crippen molar-refractivity contribution in [2.24, 2.45) is 0 Å². The molecule has 0 spiro atoms. The average Bonchev–Trinajstić information content (AvgIpc) is 3.18. The van der Waals surface area contributed by atoms with Gasteiger partial charge in [0, 0.05) is 18.0 Å². The highest BCUT2D eigenvalue weighted by atomic mass is 16.2. The van der Waals surface area contributed by atoms with Crippen LogP contribution in [0.2, 0.25) is 0 Å². The van der Waals surface area contributed by atoms with Gasteiger partial charge >= 0.3 is 6.03 Å². The molecule has 138 valence electrons. The highest BCUT2D eigenvalue weighted by molar-refractivity contribution is 6.01. The number of hydrogen-bond donors (Lipinski definition) is 3. The molecule has 3 aromatic rings. The Morgan fingerprint density at radius 2 is 1.81 bits per heavy atom.